The number of aryl methyl sites for hydroxylation is 1. The van der Waals surface area contributed by atoms with E-state index in [0.717, 1.165) is 29.7 Å². The molecule has 0 aliphatic heterocycles. The number of hydrogen-bond donors (Lipinski definition) is 2. The molecule has 1 aliphatic rings. The quantitative estimate of drug-likeness (QED) is 0.854. The molecule has 0 unspecified atom stereocenters. The van der Waals surface area contributed by atoms with Crippen LogP contribution in [0.2, 0.25) is 4.34 Å². The van der Waals surface area contributed by atoms with Crippen LogP contribution in [0.1, 0.15) is 31.2 Å². The first-order chi connectivity index (χ1) is 9.79. The predicted octanol–water partition coefficient (Wildman–Crippen LogP) is 2.88. The molecule has 0 atom stereocenters. The van der Waals surface area contributed by atoms with E-state index in [1.165, 1.54) is 0 Å². The Bertz CT molecular complexity index is 599. The van der Waals surface area contributed by atoms with E-state index in [1.54, 1.807) is 13.0 Å². The molecule has 0 aromatic carbocycles. The molecule has 5 nitrogen and oxygen atoms in total. The fourth-order valence-electron chi connectivity index (χ4n) is 2.48. The number of sulfonamides is 1. The molecule has 0 bridgehead atoms. The summed E-state index contributed by atoms with van der Waals surface area (Å²) >= 11 is 6.95. The highest BCUT2D eigenvalue weighted by Gasteiger charge is 2.27. The van der Waals surface area contributed by atoms with E-state index in [1.807, 2.05) is 0 Å². The van der Waals surface area contributed by atoms with Gasteiger partial charge in [-0.2, -0.15) is 0 Å². The largest absolute Gasteiger partial charge is 0.481 e. The molecule has 1 saturated carbocycles. The summed E-state index contributed by atoms with van der Waals surface area (Å²) in [7, 11) is -3.52. The molecule has 0 spiro atoms. The van der Waals surface area contributed by atoms with Crippen LogP contribution in [0.3, 0.4) is 0 Å². The minimum absolute atomic E-state index is 0.201. The SMILES string of the molecule is Cc1cc(S(=O)(=O)NCC2CCC(C(=O)O)CC2)sc1Cl. The van der Waals surface area contributed by atoms with Gasteiger partial charge in [0.05, 0.1) is 10.3 Å². The number of carbonyl (C=O) groups is 1. The summed E-state index contributed by atoms with van der Waals surface area (Å²) in [6.45, 7) is 2.12. The second-order valence-electron chi connectivity index (χ2n) is 5.43. The zero-order valence-corrected chi connectivity index (χ0v) is 14.0. The topological polar surface area (TPSA) is 83.5 Å². The summed E-state index contributed by atoms with van der Waals surface area (Å²) in [6, 6.07) is 1.57. The Hall–Kier alpha value is -0.630. The van der Waals surface area contributed by atoms with Crippen LogP contribution in [-0.4, -0.2) is 26.0 Å². The molecule has 0 radical (unpaired) electrons. The highest BCUT2D eigenvalue weighted by atomic mass is 35.5. The van der Waals surface area contributed by atoms with Gasteiger partial charge in [0.15, 0.2) is 0 Å². The molecule has 1 aromatic heterocycles. The molecule has 2 rings (SSSR count). The van der Waals surface area contributed by atoms with Gasteiger partial charge in [-0.25, -0.2) is 13.1 Å². The first-order valence-electron chi connectivity index (χ1n) is 6.78. The Kier molecular flexibility index (Phi) is 5.29. The van der Waals surface area contributed by atoms with Crippen molar-refractivity contribution in [3.05, 3.63) is 16.0 Å². The molecule has 1 aromatic rings. The van der Waals surface area contributed by atoms with Crippen molar-refractivity contribution in [2.45, 2.75) is 36.8 Å². The average molecular weight is 352 g/mol. The van der Waals surface area contributed by atoms with Crippen molar-refractivity contribution in [3.63, 3.8) is 0 Å². The van der Waals surface area contributed by atoms with Crippen molar-refractivity contribution in [1.82, 2.24) is 4.72 Å². The first kappa shape index (κ1) is 16.7. The Labute approximate surface area is 133 Å². The molecule has 2 N–H and O–H groups in total. The zero-order chi connectivity index (χ0) is 15.6. The number of rotatable bonds is 5. The fourth-order valence-corrected chi connectivity index (χ4v) is 5.34. The smallest absolute Gasteiger partial charge is 0.306 e. The summed E-state index contributed by atoms with van der Waals surface area (Å²) in [4.78, 5) is 10.9. The summed E-state index contributed by atoms with van der Waals surface area (Å²) in [5.74, 6) is -0.832. The third-order valence-corrected chi connectivity index (χ3v) is 7.31. The lowest BCUT2D eigenvalue weighted by Crippen LogP contribution is -2.32. The van der Waals surface area contributed by atoms with Gasteiger partial charge in [-0.15, -0.1) is 11.3 Å². The van der Waals surface area contributed by atoms with Crippen molar-refractivity contribution < 1.29 is 18.3 Å². The van der Waals surface area contributed by atoms with Gasteiger partial charge in [-0.05, 0) is 50.2 Å². The lowest BCUT2D eigenvalue weighted by Gasteiger charge is -2.25. The maximum atomic E-state index is 12.2. The molecule has 21 heavy (non-hydrogen) atoms. The number of aliphatic carboxylic acids is 1. The number of halogens is 1. The van der Waals surface area contributed by atoms with Crippen LogP contribution in [0.25, 0.3) is 0 Å². The lowest BCUT2D eigenvalue weighted by molar-refractivity contribution is -0.143. The van der Waals surface area contributed by atoms with Crippen molar-refractivity contribution in [2.75, 3.05) is 6.54 Å². The Balaban J connectivity index is 1.90. The molecule has 0 saturated heterocycles. The highest BCUT2D eigenvalue weighted by Crippen LogP contribution is 2.31. The highest BCUT2D eigenvalue weighted by molar-refractivity contribution is 7.91. The second-order valence-corrected chi connectivity index (χ2v) is 9.08. The van der Waals surface area contributed by atoms with Gasteiger partial charge in [-0.1, -0.05) is 11.6 Å². The fraction of sp³-hybridized carbons (Fsp3) is 0.615. The van der Waals surface area contributed by atoms with E-state index in [-0.39, 0.29) is 16.0 Å². The molecular formula is C13H18ClNO4S2. The van der Waals surface area contributed by atoms with E-state index in [4.69, 9.17) is 16.7 Å². The van der Waals surface area contributed by atoms with Crippen LogP contribution in [0, 0.1) is 18.8 Å². The normalized spacial score (nSPS) is 23.1. The van der Waals surface area contributed by atoms with Crippen molar-refractivity contribution >= 4 is 38.9 Å². The van der Waals surface area contributed by atoms with Gasteiger partial charge < -0.3 is 5.11 Å². The van der Waals surface area contributed by atoms with Crippen LogP contribution in [0.5, 0.6) is 0 Å². The van der Waals surface area contributed by atoms with Gasteiger partial charge in [0.25, 0.3) is 0 Å². The third kappa shape index (κ3) is 4.18. The number of thiophene rings is 1. The zero-order valence-electron chi connectivity index (χ0n) is 11.6. The molecule has 1 heterocycles. The van der Waals surface area contributed by atoms with Gasteiger partial charge in [0.1, 0.15) is 4.21 Å². The van der Waals surface area contributed by atoms with E-state index in [2.05, 4.69) is 4.72 Å². The van der Waals surface area contributed by atoms with Gasteiger partial charge in [0, 0.05) is 6.54 Å². The number of carboxylic acids is 1. The van der Waals surface area contributed by atoms with Crippen LogP contribution in [0.4, 0.5) is 0 Å². The summed E-state index contributed by atoms with van der Waals surface area (Å²) in [5, 5.41) is 8.94. The monoisotopic (exact) mass is 351 g/mol. The lowest BCUT2D eigenvalue weighted by atomic mass is 9.82. The van der Waals surface area contributed by atoms with E-state index in [0.29, 0.717) is 23.7 Å². The molecule has 8 heteroatoms. The van der Waals surface area contributed by atoms with Gasteiger partial charge in [0.2, 0.25) is 10.0 Å². The predicted molar refractivity (Wildman–Crippen MR) is 82.3 cm³/mol. The van der Waals surface area contributed by atoms with Crippen LogP contribution in [-0.2, 0) is 14.8 Å². The summed E-state index contributed by atoms with van der Waals surface area (Å²) in [6.07, 6.45) is 2.71. The van der Waals surface area contributed by atoms with Crippen LogP contribution < -0.4 is 4.72 Å². The maximum absolute atomic E-state index is 12.2. The Morgan fingerprint density at radius 2 is 2.05 bits per heavy atom. The van der Waals surface area contributed by atoms with Crippen molar-refractivity contribution in [1.29, 1.82) is 0 Å². The van der Waals surface area contributed by atoms with Gasteiger partial charge >= 0.3 is 5.97 Å². The standard InChI is InChI=1S/C13H18ClNO4S2/c1-8-6-11(20-12(8)14)21(18,19)15-7-9-2-4-10(5-3-9)13(16)17/h6,9-10,15H,2-5,7H2,1H3,(H,16,17). The maximum Gasteiger partial charge on any atom is 0.306 e. The van der Waals surface area contributed by atoms with E-state index >= 15 is 0 Å². The van der Waals surface area contributed by atoms with Crippen molar-refractivity contribution in [2.24, 2.45) is 11.8 Å². The molecule has 118 valence electrons. The minimum Gasteiger partial charge on any atom is -0.481 e. The second kappa shape index (κ2) is 6.64. The van der Waals surface area contributed by atoms with Crippen LogP contribution in [0.15, 0.2) is 10.3 Å². The number of carboxylic acid groups (broad SMARTS) is 1. The van der Waals surface area contributed by atoms with Crippen LogP contribution >= 0.6 is 22.9 Å². The first-order valence-corrected chi connectivity index (χ1v) is 9.45. The molecule has 0 amide bonds. The van der Waals surface area contributed by atoms with Crippen molar-refractivity contribution in [3.8, 4) is 0 Å². The average Bonchev–Trinajstić information content (AvgIpc) is 2.78. The third-order valence-electron chi connectivity index (χ3n) is 3.86. The summed E-state index contributed by atoms with van der Waals surface area (Å²) < 4.78 is 27.6. The minimum atomic E-state index is -3.52. The molecule has 1 fully saturated rings. The van der Waals surface area contributed by atoms with E-state index in [9.17, 15) is 13.2 Å². The molecular weight excluding hydrogens is 334 g/mol. The number of nitrogens with one attached hydrogen (secondary N) is 1. The Morgan fingerprint density at radius 1 is 1.43 bits per heavy atom. The van der Waals surface area contributed by atoms with Gasteiger partial charge in [-0.3, -0.25) is 4.79 Å². The molecule has 1 aliphatic carbocycles. The number of hydrogen-bond acceptors (Lipinski definition) is 4. The van der Waals surface area contributed by atoms with E-state index < -0.39 is 16.0 Å². The Morgan fingerprint density at radius 3 is 2.52 bits per heavy atom. The summed E-state index contributed by atoms with van der Waals surface area (Å²) in [5.41, 5.74) is 0.754.